The summed E-state index contributed by atoms with van der Waals surface area (Å²) in [5.74, 6) is 0. The molecule has 0 aliphatic rings. The smallest absolute Gasteiger partial charge is 0.0598 e. The van der Waals surface area contributed by atoms with Gasteiger partial charge >= 0.3 is 0 Å². The summed E-state index contributed by atoms with van der Waals surface area (Å²) < 4.78 is 2.12. The molecule has 0 radical (unpaired) electrons. The van der Waals surface area contributed by atoms with E-state index in [1.807, 2.05) is 18.2 Å². The van der Waals surface area contributed by atoms with E-state index in [1.54, 1.807) is 0 Å². The Labute approximate surface area is 116 Å². The summed E-state index contributed by atoms with van der Waals surface area (Å²) in [5, 5.41) is 1.17. The third-order valence-corrected chi connectivity index (χ3v) is 3.73. The van der Waals surface area contributed by atoms with Crippen LogP contribution in [0, 0.1) is 6.92 Å². The highest BCUT2D eigenvalue weighted by molar-refractivity contribution is 6.42. The number of hydrogen-bond donors (Lipinski definition) is 0. The summed E-state index contributed by atoms with van der Waals surface area (Å²) in [6, 6.07) is 12.1. The third-order valence-electron chi connectivity index (χ3n) is 2.99. The molecule has 2 aromatic heterocycles. The van der Waals surface area contributed by atoms with Crippen LogP contribution in [0.2, 0.25) is 10.0 Å². The predicted molar refractivity (Wildman–Crippen MR) is 77.6 cm³/mol. The van der Waals surface area contributed by atoms with Gasteiger partial charge in [0.1, 0.15) is 0 Å². The summed E-state index contributed by atoms with van der Waals surface area (Å²) >= 11 is 12.0. The number of benzene rings is 1. The van der Waals surface area contributed by atoms with E-state index in [-0.39, 0.29) is 0 Å². The fraction of sp³-hybridized carbons (Fsp3) is 0.0667. The van der Waals surface area contributed by atoms with Gasteiger partial charge in [0, 0.05) is 23.5 Å². The highest BCUT2D eigenvalue weighted by Gasteiger charge is 2.05. The largest absolute Gasteiger partial charge is 0.323 e. The molecule has 3 aromatic rings. The van der Waals surface area contributed by atoms with Gasteiger partial charge in [0.25, 0.3) is 0 Å². The van der Waals surface area contributed by atoms with E-state index in [4.69, 9.17) is 23.2 Å². The van der Waals surface area contributed by atoms with Crippen LogP contribution in [0.15, 0.2) is 48.8 Å². The molecule has 0 fully saturated rings. The molecule has 0 aliphatic carbocycles. The zero-order valence-electron chi connectivity index (χ0n) is 9.82. The lowest BCUT2D eigenvalue weighted by Gasteiger charge is -2.00. The average Bonchev–Trinajstić information content (AvgIpc) is 2.75. The number of hydrogen-bond acceptors (Lipinski definition) is 0. The highest BCUT2D eigenvalue weighted by Crippen LogP contribution is 2.29. The Bertz CT molecular complexity index is 728. The Balaban J connectivity index is 2.16. The molecule has 0 spiro atoms. The molecule has 0 saturated heterocycles. The maximum Gasteiger partial charge on any atom is 0.0598 e. The molecule has 1 aromatic carbocycles. The second-order valence-electron chi connectivity index (χ2n) is 4.40. The van der Waals surface area contributed by atoms with Crippen molar-refractivity contribution in [3.05, 3.63) is 64.4 Å². The van der Waals surface area contributed by atoms with Crippen LogP contribution in [0.1, 0.15) is 5.56 Å². The van der Waals surface area contributed by atoms with Gasteiger partial charge in [-0.05, 0) is 42.3 Å². The topological polar surface area (TPSA) is 4.41 Å². The first kappa shape index (κ1) is 11.6. The van der Waals surface area contributed by atoms with Crippen LogP contribution in [-0.4, -0.2) is 4.40 Å². The van der Waals surface area contributed by atoms with E-state index in [1.165, 1.54) is 11.1 Å². The number of aryl methyl sites for hydroxylation is 1. The van der Waals surface area contributed by atoms with Crippen molar-refractivity contribution in [1.29, 1.82) is 0 Å². The standard InChI is InChI=1S/C15H11Cl2N/c1-10-2-4-13-6-12(9-18(13)8-10)11-3-5-14(16)15(17)7-11/h2-9H,1H3. The van der Waals surface area contributed by atoms with Gasteiger partial charge in [-0.15, -0.1) is 0 Å². The molecule has 90 valence electrons. The average molecular weight is 276 g/mol. The maximum atomic E-state index is 6.05. The Hall–Kier alpha value is -1.44. The summed E-state index contributed by atoms with van der Waals surface area (Å²) in [4.78, 5) is 0. The minimum Gasteiger partial charge on any atom is -0.323 e. The maximum absolute atomic E-state index is 6.05. The van der Waals surface area contributed by atoms with Crippen LogP contribution in [0.3, 0.4) is 0 Å². The Morgan fingerprint density at radius 2 is 1.67 bits per heavy atom. The van der Waals surface area contributed by atoms with E-state index < -0.39 is 0 Å². The van der Waals surface area contributed by atoms with Crippen LogP contribution in [0.4, 0.5) is 0 Å². The molecule has 0 atom stereocenters. The monoisotopic (exact) mass is 275 g/mol. The van der Waals surface area contributed by atoms with Crippen molar-refractivity contribution >= 4 is 28.7 Å². The number of aromatic nitrogens is 1. The van der Waals surface area contributed by atoms with Crippen molar-refractivity contribution in [3.8, 4) is 11.1 Å². The van der Waals surface area contributed by atoms with Crippen LogP contribution in [0.25, 0.3) is 16.6 Å². The van der Waals surface area contributed by atoms with Gasteiger partial charge < -0.3 is 4.40 Å². The molecular weight excluding hydrogens is 265 g/mol. The predicted octanol–water partition coefficient (Wildman–Crippen LogP) is 5.22. The van der Waals surface area contributed by atoms with E-state index in [9.17, 15) is 0 Å². The van der Waals surface area contributed by atoms with Crippen LogP contribution in [-0.2, 0) is 0 Å². The van der Waals surface area contributed by atoms with E-state index in [0.29, 0.717) is 10.0 Å². The lowest BCUT2D eigenvalue weighted by Crippen LogP contribution is -1.81. The molecule has 0 amide bonds. The molecular formula is C15H11Cl2N. The van der Waals surface area contributed by atoms with E-state index >= 15 is 0 Å². The summed E-state index contributed by atoms with van der Waals surface area (Å²) in [6.45, 7) is 2.08. The van der Waals surface area contributed by atoms with Gasteiger partial charge in [-0.25, -0.2) is 0 Å². The first-order chi connectivity index (χ1) is 8.63. The van der Waals surface area contributed by atoms with Crippen molar-refractivity contribution < 1.29 is 0 Å². The zero-order valence-corrected chi connectivity index (χ0v) is 11.3. The number of halogens is 2. The molecule has 0 aliphatic heterocycles. The second-order valence-corrected chi connectivity index (χ2v) is 5.21. The quantitative estimate of drug-likeness (QED) is 0.574. The van der Waals surface area contributed by atoms with Crippen molar-refractivity contribution in [1.82, 2.24) is 4.40 Å². The van der Waals surface area contributed by atoms with Gasteiger partial charge in [0.05, 0.1) is 10.0 Å². The van der Waals surface area contributed by atoms with Gasteiger partial charge in [0.2, 0.25) is 0 Å². The number of rotatable bonds is 1. The Morgan fingerprint density at radius 3 is 2.44 bits per heavy atom. The lowest BCUT2D eigenvalue weighted by molar-refractivity contribution is 1.17. The zero-order chi connectivity index (χ0) is 12.7. The molecule has 0 bridgehead atoms. The minimum absolute atomic E-state index is 0.583. The first-order valence-corrected chi connectivity index (χ1v) is 6.43. The SMILES string of the molecule is Cc1ccc2cc(-c3ccc(Cl)c(Cl)c3)cn2c1. The summed E-state index contributed by atoms with van der Waals surface area (Å²) in [7, 11) is 0. The van der Waals surface area contributed by atoms with Crippen molar-refractivity contribution in [2.24, 2.45) is 0 Å². The van der Waals surface area contributed by atoms with Crippen molar-refractivity contribution in [3.63, 3.8) is 0 Å². The summed E-state index contributed by atoms with van der Waals surface area (Å²) in [6.07, 6.45) is 4.21. The van der Waals surface area contributed by atoms with Crippen LogP contribution < -0.4 is 0 Å². The van der Waals surface area contributed by atoms with E-state index in [0.717, 1.165) is 11.1 Å². The minimum atomic E-state index is 0.583. The van der Waals surface area contributed by atoms with Gasteiger partial charge in [-0.2, -0.15) is 0 Å². The summed E-state index contributed by atoms with van der Waals surface area (Å²) in [5.41, 5.74) is 4.62. The highest BCUT2D eigenvalue weighted by atomic mass is 35.5. The van der Waals surface area contributed by atoms with Gasteiger partial charge in [-0.3, -0.25) is 0 Å². The molecule has 18 heavy (non-hydrogen) atoms. The number of fused-ring (bicyclic) bond motifs is 1. The number of pyridine rings is 1. The van der Waals surface area contributed by atoms with Crippen molar-refractivity contribution in [2.45, 2.75) is 6.92 Å². The fourth-order valence-electron chi connectivity index (χ4n) is 2.05. The Kier molecular flexibility index (Phi) is 2.81. The molecule has 2 heterocycles. The van der Waals surface area contributed by atoms with Crippen LogP contribution in [0.5, 0.6) is 0 Å². The molecule has 1 nitrogen and oxygen atoms in total. The number of nitrogens with zero attached hydrogens (tertiary/aromatic N) is 1. The molecule has 0 N–H and O–H groups in total. The first-order valence-electron chi connectivity index (χ1n) is 5.67. The Morgan fingerprint density at radius 1 is 0.833 bits per heavy atom. The van der Waals surface area contributed by atoms with Gasteiger partial charge in [0.15, 0.2) is 0 Å². The fourth-order valence-corrected chi connectivity index (χ4v) is 2.35. The van der Waals surface area contributed by atoms with Gasteiger partial charge in [-0.1, -0.05) is 35.3 Å². The molecule has 0 unspecified atom stereocenters. The van der Waals surface area contributed by atoms with Crippen LogP contribution >= 0.6 is 23.2 Å². The van der Waals surface area contributed by atoms with E-state index in [2.05, 4.69) is 41.9 Å². The third kappa shape index (κ3) is 2.00. The second kappa shape index (κ2) is 4.34. The molecule has 3 rings (SSSR count). The molecule has 0 saturated carbocycles. The van der Waals surface area contributed by atoms with Crippen molar-refractivity contribution in [2.75, 3.05) is 0 Å². The normalized spacial score (nSPS) is 11.1. The molecule has 3 heteroatoms. The lowest BCUT2D eigenvalue weighted by atomic mass is 10.1.